The number of hydrogen-bond acceptors (Lipinski definition) is 3. The maximum atomic E-state index is 4.47. The van der Waals surface area contributed by atoms with Crippen LogP contribution in [0.15, 0.2) is 42.6 Å². The van der Waals surface area contributed by atoms with Gasteiger partial charge in [-0.2, -0.15) is 0 Å². The maximum Gasteiger partial charge on any atom is 0.138 e. The highest BCUT2D eigenvalue weighted by Gasteiger charge is 2.09. The Bertz CT molecular complexity index is 813. The SMILES string of the molecule is C(=C\c1ccnc2[nH]c3ccccc3c12)/CN1CCNCC1.CC. The number of piperazine rings is 1. The van der Waals surface area contributed by atoms with Crippen LogP contribution in [0.3, 0.4) is 0 Å². The Morgan fingerprint density at radius 1 is 1.12 bits per heavy atom. The van der Waals surface area contributed by atoms with Crippen LogP contribution in [0.1, 0.15) is 19.4 Å². The Morgan fingerprint density at radius 3 is 2.75 bits per heavy atom. The van der Waals surface area contributed by atoms with Gasteiger partial charge in [0.05, 0.1) is 0 Å². The second-order valence-electron chi connectivity index (χ2n) is 5.75. The van der Waals surface area contributed by atoms with E-state index in [1.165, 1.54) is 16.3 Å². The summed E-state index contributed by atoms with van der Waals surface area (Å²) >= 11 is 0. The van der Waals surface area contributed by atoms with E-state index in [9.17, 15) is 0 Å². The average Bonchev–Trinajstić information content (AvgIpc) is 3.04. The van der Waals surface area contributed by atoms with Crippen LogP contribution < -0.4 is 5.32 Å². The molecule has 1 fully saturated rings. The molecule has 0 aliphatic carbocycles. The molecule has 4 nitrogen and oxygen atoms in total. The molecule has 4 rings (SSSR count). The summed E-state index contributed by atoms with van der Waals surface area (Å²) in [4.78, 5) is 10.3. The van der Waals surface area contributed by atoms with E-state index in [1.807, 2.05) is 20.0 Å². The fraction of sp³-hybridized carbons (Fsp3) is 0.350. The van der Waals surface area contributed by atoms with Crippen LogP contribution in [0, 0.1) is 0 Å². The minimum absolute atomic E-state index is 0.963. The fourth-order valence-corrected chi connectivity index (χ4v) is 3.15. The first-order valence-corrected chi connectivity index (χ1v) is 8.87. The van der Waals surface area contributed by atoms with Gasteiger partial charge < -0.3 is 10.3 Å². The maximum absolute atomic E-state index is 4.47. The number of H-pyrrole nitrogens is 1. The summed E-state index contributed by atoms with van der Waals surface area (Å²) in [6.45, 7) is 9.45. The molecule has 0 radical (unpaired) electrons. The third-order valence-corrected chi connectivity index (χ3v) is 4.30. The molecule has 1 aliphatic heterocycles. The normalized spacial score (nSPS) is 15.8. The lowest BCUT2D eigenvalue weighted by Gasteiger charge is -2.25. The highest BCUT2D eigenvalue weighted by Crippen LogP contribution is 2.27. The van der Waals surface area contributed by atoms with Gasteiger partial charge in [-0.1, -0.05) is 44.2 Å². The Kier molecular flexibility index (Phi) is 5.62. The summed E-state index contributed by atoms with van der Waals surface area (Å²) in [5.41, 5.74) is 3.34. The minimum Gasteiger partial charge on any atom is -0.339 e. The van der Waals surface area contributed by atoms with Crippen molar-refractivity contribution in [2.45, 2.75) is 13.8 Å². The molecule has 1 aromatic carbocycles. The van der Waals surface area contributed by atoms with Gasteiger partial charge in [0.2, 0.25) is 0 Å². The molecule has 2 N–H and O–H groups in total. The van der Waals surface area contributed by atoms with Gasteiger partial charge in [0.1, 0.15) is 5.65 Å². The van der Waals surface area contributed by atoms with Crippen LogP contribution >= 0.6 is 0 Å². The van der Waals surface area contributed by atoms with Crippen LogP contribution in [0.25, 0.3) is 28.0 Å². The van der Waals surface area contributed by atoms with E-state index >= 15 is 0 Å². The molecule has 0 bridgehead atoms. The Labute approximate surface area is 143 Å². The second kappa shape index (κ2) is 8.08. The first-order chi connectivity index (χ1) is 11.9. The number of hydrogen-bond donors (Lipinski definition) is 2. The lowest BCUT2D eigenvalue weighted by atomic mass is 10.1. The number of nitrogens with zero attached hydrogens (tertiary/aromatic N) is 2. The zero-order valence-electron chi connectivity index (χ0n) is 14.5. The smallest absolute Gasteiger partial charge is 0.138 e. The van der Waals surface area contributed by atoms with E-state index in [-0.39, 0.29) is 0 Å². The summed E-state index contributed by atoms with van der Waals surface area (Å²) in [6, 6.07) is 10.5. The molecule has 1 saturated heterocycles. The number of pyridine rings is 1. The topological polar surface area (TPSA) is 44.0 Å². The van der Waals surface area contributed by atoms with Gasteiger partial charge >= 0.3 is 0 Å². The average molecular weight is 322 g/mol. The first-order valence-electron chi connectivity index (χ1n) is 8.87. The van der Waals surface area contributed by atoms with Crippen LogP contribution in [-0.2, 0) is 0 Å². The molecule has 0 amide bonds. The Balaban J connectivity index is 0.000000815. The Morgan fingerprint density at radius 2 is 1.92 bits per heavy atom. The van der Waals surface area contributed by atoms with Gasteiger partial charge in [-0.25, -0.2) is 4.98 Å². The van der Waals surface area contributed by atoms with Gasteiger partial charge in [-0.15, -0.1) is 0 Å². The molecule has 0 atom stereocenters. The van der Waals surface area contributed by atoms with E-state index in [0.29, 0.717) is 0 Å². The summed E-state index contributed by atoms with van der Waals surface area (Å²) in [7, 11) is 0. The zero-order chi connectivity index (χ0) is 16.8. The van der Waals surface area contributed by atoms with Crippen molar-refractivity contribution in [3.63, 3.8) is 0 Å². The van der Waals surface area contributed by atoms with Crippen molar-refractivity contribution < 1.29 is 0 Å². The number of rotatable bonds is 3. The van der Waals surface area contributed by atoms with Gasteiger partial charge in [0, 0.05) is 55.2 Å². The van der Waals surface area contributed by atoms with Crippen molar-refractivity contribution in [2.24, 2.45) is 0 Å². The number of benzene rings is 1. The third-order valence-electron chi connectivity index (χ3n) is 4.30. The molecule has 24 heavy (non-hydrogen) atoms. The number of aromatic nitrogens is 2. The van der Waals surface area contributed by atoms with Gasteiger partial charge in [0.15, 0.2) is 0 Å². The molecule has 4 heteroatoms. The summed E-state index contributed by atoms with van der Waals surface area (Å²) in [5.74, 6) is 0. The van der Waals surface area contributed by atoms with Gasteiger partial charge in [-0.3, -0.25) is 4.90 Å². The van der Waals surface area contributed by atoms with E-state index < -0.39 is 0 Å². The van der Waals surface area contributed by atoms with Crippen molar-refractivity contribution in [3.8, 4) is 0 Å². The second-order valence-corrected chi connectivity index (χ2v) is 5.75. The minimum atomic E-state index is 0.963. The van der Waals surface area contributed by atoms with Crippen molar-refractivity contribution in [3.05, 3.63) is 48.2 Å². The van der Waals surface area contributed by atoms with Crippen molar-refractivity contribution in [2.75, 3.05) is 32.7 Å². The molecule has 1 aliphatic rings. The summed E-state index contributed by atoms with van der Waals surface area (Å²) in [6.07, 6.45) is 6.37. The fourth-order valence-electron chi connectivity index (χ4n) is 3.15. The number of aromatic amines is 1. The summed E-state index contributed by atoms with van der Waals surface area (Å²) < 4.78 is 0. The molecular weight excluding hydrogens is 296 g/mol. The monoisotopic (exact) mass is 322 g/mol. The third kappa shape index (κ3) is 3.50. The first kappa shape index (κ1) is 16.7. The Hall–Kier alpha value is -2.17. The summed E-state index contributed by atoms with van der Waals surface area (Å²) in [5, 5.41) is 5.85. The van der Waals surface area contributed by atoms with Crippen molar-refractivity contribution in [1.29, 1.82) is 0 Å². The molecule has 0 unspecified atom stereocenters. The standard InChI is InChI=1S/C18H20N4.C2H6/c1-2-6-16-15(5-1)17-14(7-8-20-18(17)21-16)4-3-11-22-12-9-19-10-13-22;1-2/h1-8,19H,9-13H2,(H,20,21);1-2H3/b4-3+;. The predicted molar refractivity (Wildman–Crippen MR) is 103 cm³/mol. The molecular formula is C20H26N4. The van der Waals surface area contributed by atoms with Crippen molar-refractivity contribution in [1.82, 2.24) is 20.2 Å². The largest absolute Gasteiger partial charge is 0.339 e. The van der Waals surface area contributed by atoms with E-state index in [4.69, 9.17) is 0 Å². The van der Waals surface area contributed by atoms with Gasteiger partial charge in [0.25, 0.3) is 0 Å². The number of fused-ring (bicyclic) bond motifs is 3. The van der Waals surface area contributed by atoms with Crippen LogP contribution in [0.5, 0.6) is 0 Å². The molecule has 3 heterocycles. The lowest BCUT2D eigenvalue weighted by molar-refractivity contribution is 0.265. The molecule has 3 aromatic rings. The number of nitrogens with one attached hydrogen (secondary N) is 2. The number of para-hydroxylation sites is 1. The van der Waals surface area contributed by atoms with E-state index in [1.54, 1.807) is 0 Å². The molecule has 126 valence electrons. The van der Waals surface area contributed by atoms with Crippen LogP contribution in [0.4, 0.5) is 0 Å². The van der Waals surface area contributed by atoms with Crippen molar-refractivity contribution >= 4 is 28.0 Å². The highest BCUT2D eigenvalue weighted by molar-refractivity contribution is 6.09. The zero-order valence-corrected chi connectivity index (χ0v) is 14.5. The van der Waals surface area contributed by atoms with E-state index in [2.05, 4.69) is 62.7 Å². The molecule has 2 aromatic heterocycles. The van der Waals surface area contributed by atoms with E-state index in [0.717, 1.165) is 43.9 Å². The highest BCUT2D eigenvalue weighted by atomic mass is 15.2. The van der Waals surface area contributed by atoms with Crippen LogP contribution in [0.2, 0.25) is 0 Å². The molecule has 0 saturated carbocycles. The van der Waals surface area contributed by atoms with Crippen LogP contribution in [-0.4, -0.2) is 47.6 Å². The quantitative estimate of drug-likeness (QED) is 0.773. The predicted octanol–water partition coefficient (Wildman–Crippen LogP) is 3.66. The molecule has 0 spiro atoms. The lowest BCUT2D eigenvalue weighted by Crippen LogP contribution is -2.43. The van der Waals surface area contributed by atoms with Gasteiger partial charge in [-0.05, 0) is 17.7 Å².